The lowest BCUT2D eigenvalue weighted by atomic mass is 10.0. The second-order valence-corrected chi connectivity index (χ2v) is 6.88. The molecule has 2 rings (SSSR count). The minimum atomic E-state index is 0.172. The van der Waals surface area contributed by atoms with Gasteiger partial charge in [-0.15, -0.1) is 11.3 Å². The van der Waals surface area contributed by atoms with Crippen LogP contribution in [0.1, 0.15) is 29.6 Å². The fraction of sp³-hybridized carbons (Fsp3) is 0.545. The molecular weight excluding hydrogens is 354 g/mol. The first-order valence-electron chi connectivity index (χ1n) is 5.33. The molecule has 2 heterocycles. The number of nitrogens with zero attached hydrogens (tertiary/aromatic N) is 1. The molecular formula is C11H13Br2NOS. The van der Waals surface area contributed by atoms with Crippen LogP contribution >= 0.6 is 43.2 Å². The third kappa shape index (κ3) is 2.68. The van der Waals surface area contributed by atoms with Gasteiger partial charge in [-0.05, 0) is 41.3 Å². The monoisotopic (exact) mass is 365 g/mol. The fourth-order valence-electron chi connectivity index (χ4n) is 2.02. The fourth-order valence-corrected chi connectivity index (χ4v) is 3.82. The van der Waals surface area contributed by atoms with Crippen molar-refractivity contribution in [3.8, 4) is 0 Å². The van der Waals surface area contributed by atoms with E-state index >= 15 is 0 Å². The third-order valence-electron chi connectivity index (χ3n) is 2.88. The number of piperidine rings is 1. The van der Waals surface area contributed by atoms with Gasteiger partial charge in [-0.25, -0.2) is 0 Å². The van der Waals surface area contributed by atoms with Crippen molar-refractivity contribution in [2.24, 2.45) is 0 Å². The second-order valence-electron chi connectivity index (χ2n) is 3.94. The minimum absolute atomic E-state index is 0.172. The molecule has 88 valence electrons. The molecule has 1 fully saturated rings. The van der Waals surface area contributed by atoms with Gasteiger partial charge >= 0.3 is 0 Å². The molecule has 0 aliphatic carbocycles. The molecule has 0 saturated carbocycles. The Morgan fingerprint density at radius 1 is 1.56 bits per heavy atom. The number of halogens is 2. The van der Waals surface area contributed by atoms with Crippen molar-refractivity contribution >= 4 is 49.1 Å². The van der Waals surface area contributed by atoms with E-state index in [-0.39, 0.29) is 5.91 Å². The maximum Gasteiger partial charge on any atom is 0.255 e. The first-order chi connectivity index (χ1) is 7.72. The molecule has 1 amide bonds. The molecule has 16 heavy (non-hydrogen) atoms. The number of hydrogen-bond donors (Lipinski definition) is 0. The molecule has 1 saturated heterocycles. The number of rotatable bonds is 2. The molecule has 1 aliphatic rings. The quantitative estimate of drug-likeness (QED) is 0.727. The summed E-state index contributed by atoms with van der Waals surface area (Å²) in [5, 5.41) is 2.80. The van der Waals surface area contributed by atoms with Gasteiger partial charge in [-0.1, -0.05) is 15.9 Å². The Kier molecular flexibility index (Phi) is 4.44. The largest absolute Gasteiger partial charge is 0.335 e. The van der Waals surface area contributed by atoms with E-state index in [0.717, 1.165) is 34.1 Å². The highest BCUT2D eigenvalue weighted by Crippen LogP contribution is 2.25. The van der Waals surface area contributed by atoms with E-state index in [9.17, 15) is 4.79 Å². The van der Waals surface area contributed by atoms with Crippen molar-refractivity contribution in [2.75, 3.05) is 11.9 Å². The van der Waals surface area contributed by atoms with E-state index in [1.54, 1.807) is 11.3 Å². The summed E-state index contributed by atoms with van der Waals surface area (Å²) in [4.78, 5) is 14.3. The molecule has 0 N–H and O–H groups in total. The third-order valence-corrected chi connectivity index (χ3v) is 5.13. The normalized spacial score (nSPS) is 21.1. The van der Waals surface area contributed by atoms with Gasteiger partial charge in [0.15, 0.2) is 0 Å². The standard InChI is InChI=1S/C11H13Br2NOS/c12-6-9-3-1-2-4-14(9)11(15)8-5-10(13)16-7-8/h5,7,9H,1-4,6H2. The maximum atomic E-state index is 12.3. The van der Waals surface area contributed by atoms with Crippen LogP contribution in [0.25, 0.3) is 0 Å². The van der Waals surface area contributed by atoms with E-state index in [2.05, 4.69) is 31.9 Å². The van der Waals surface area contributed by atoms with Crippen LogP contribution < -0.4 is 0 Å². The summed E-state index contributed by atoms with van der Waals surface area (Å²) in [7, 11) is 0. The number of amides is 1. The van der Waals surface area contributed by atoms with Gasteiger partial charge in [0.1, 0.15) is 0 Å². The SMILES string of the molecule is O=C(c1csc(Br)c1)N1CCCCC1CBr. The van der Waals surface area contributed by atoms with Gasteiger partial charge in [-0.3, -0.25) is 4.79 Å². The molecule has 0 bridgehead atoms. The summed E-state index contributed by atoms with van der Waals surface area (Å²) >= 11 is 8.46. The van der Waals surface area contributed by atoms with Gasteiger partial charge in [0.25, 0.3) is 5.91 Å². The van der Waals surface area contributed by atoms with Crippen molar-refractivity contribution in [3.63, 3.8) is 0 Å². The van der Waals surface area contributed by atoms with E-state index < -0.39 is 0 Å². The van der Waals surface area contributed by atoms with Crippen LogP contribution in [0, 0.1) is 0 Å². The lowest BCUT2D eigenvalue weighted by Gasteiger charge is -2.34. The van der Waals surface area contributed by atoms with E-state index in [4.69, 9.17) is 0 Å². The predicted molar refractivity (Wildman–Crippen MR) is 74.5 cm³/mol. The van der Waals surface area contributed by atoms with Crippen molar-refractivity contribution in [3.05, 3.63) is 20.8 Å². The lowest BCUT2D eigenvalue weighted by molar-refractivity contribution is 0.0642. The topological polar surface area (TPSA) is 20.3 Å². The highest BCUT2D eigenvalue weighted by molar-refractivity contribution is 9.11. The number of alkyl halides is 1. The van der Waals surface area contributed by atoms with Crippen LogP contribution in [0.3, 0.4) is 0 Å². The average molecular weight is 367 g/mol. The van der Waals surface area contributed by atoms with Crippen LogP contribution in [0.15, 0.2) is 15.2 Å². The first kappa shape index (κ1) is 12.6. The summed E-state index contributed by atoms with van der Waals surface area (Å²) in [6, 6.07) is 2.27. The molecule has 0 aromatic carbocycles. The van der Waals surface area contributed by atoms with Crippen LogP contribution in [0.4, 0.5) is 0 Å². The Hall–Kier alpha value is 0.130. The molecule has 1 atom stereocenters. The number of hydrogen-bond acceptors (Lipinski definition) is 2. The van der Waals surface area contributed by atoms with Gasteiger partial charge in [0.2, 0.25) is 0 Å². The Morgan fingerprint density at radius 2 is 2.38 bits per heavy atom. The summed E-state index contributed by atoms with van der Waals surface area (Å²) in [6.07, 6.45) is 3.47. The molecule has 5 heteroatoms. The van der Waals surface area contributed by atoms with Crippen molar-refractivity contribution in [2.45, 2.75) is 25.3 Å². The number of carbonyl (C=O) groups excluding carboxylic acids is 1. The average Bonchev–Trinajstić information content (AvgIpc) is 2.75. The predicted octanol–water partition coefficient (Wildman–Crippen LogP) is 3.90. The Balaban J connectivity index is 2.13. The van der Waals surface area contributed by atoms with Gasteiger partial charge in [-0.2, -0.15) is 0 Å². The molecule has 1 aliphatic heterocycles. The zero-order valence-corrected chi connectivity index (χ0v) is 12.8. The summed E-state index contributed by atoms with van der Waals surface area (Å²) in [6.45, 7) is 0.891. The van der Waals surface area contributed by atoms with Gasteiger partial charge in [0.05, 0.1) is 9.35 Å². The van der Waals surface area contributed by atoms with E-state index in [1.165, 1.54) is 6.42 Å². The van der Waals surface area contributed by atoms with Crippen molar-refractivity contribution in [1.29, 1.82) is 0 Å². The zero-order chi connectivity index (χ0) is 11.5. The molecule has 0 radical (unpaired) electrons. The smallest absolute Gasteiger partial charge is 0.255 e. The summed E-state index contributed by atoms with van der Waals surface area (Å²) in [5.74, 6) is 0.172. The molecule has 2 nitrogen and oxygen atoms in total. The summed E-state index contributed by atoms with van der Waals surface area (Å²) < 4.78 is 1.02. The molecule has 1 aromatic heterocycles. The minimum Gasteiger partial charge on any atom is -0.335 e. The first-order valence-corrected chi connectivity index (χ1v) is 8.12. The highest BCUT2D eigenvalue weighted by atomic mass is 79.9. The number of thiophene rings is 1. The van der Waals surface area contributed by atoms with Crippen LogP contribution in [-0.4, -0.2) is 28.7 Å². The summed E-state index contributed by atoms with van der Waals surface area (Å²) in [5.41, 5.74) is 0.810. The number of likely N-dealkylation sites (tertiary alicyclic amines) is 1. The Labute approximate surface area is 116 Å². The Morgan fingerprint density at radius 3 is 3.00 bits per heavy atom. The highest BCUT2D eigenvalue weighted by Gasteiger charge is 2.26. The Bertz CT molecular complexity index is 380. The van der Waals surface area contributed by atoms with Crippen LogP contribution in [-0.2, 0) is 0 Å². The number of carbonyl (C=O) groups is 1. The lowest BCUT2D eigenvalue weighted by Crippen LogP contribution is -2.44. The van der Waals surface area contributed by atoms with Crippen LogP contribution in [0.5, 0.6) is 0 Å². The van der Waals surface area contributed by atoms with Crippen molar-refractivity contribution in [1.82, 2.24) is 4.90 Å². The molecule has 0 spiro atoms. The van der Waals surface area contributed by atoms with Gasteiger partial charge < -0.3 is 4.90 Å². The molecule has 1 aromatic rings. The second kappa shape index (κ2) is 5.65. The zero-order valence-electron chi connectivity index (χ0n) is 8.79. The van der Waals surface area contributed by atoms with Gasteiger partial charge in [0, 0.05) is 23.3 Å². The maximum absolute atomic E-state index is 12.3. The van der Waals surface area contributed by atoms with Crippen molar-refractivity contribution < 1.29 is 4.79 Å². The van der Waals surface area contributed by atoms with E-state index in [1.807, 2.05) is 16.3 Å². The van der Waals surface area contributed by atoms with Crippen LogP contribution in [0.2, 0.25) is 0 Å². The van der Waals surface area contributed by atoms with E-state index in [0.29, 0.717) is 6.04 Å². The molecule has 1 unspecified atom stereocenters.